The third kappa shape index (κ3) is 2.52. The first-order valence-electron chi connectivity index (χ1n) is 2.22. The summed E-state index contributed by atoms with van der Waals surface area (Å²) in [6, 6.07) is 0. The van der Waals surface area contributed by atoms with Gasteiger partial charge in [0.25, 0.3) is 0 Å². The minimum Gasteiger partial charge on any atom is -0.285 e. The second-order valence-electron chi connectivity index (χ2n) is 1.25. The zero-order valence-corrected chi connectivity index (χ0v) is 4.79. The Morgan fingerprint density at radius 3 is 1.40 bits per heavy atom. The van der Waals surface area contributed by atoms with Crippen LogP contribution in [0.5, 0.6) is 0 Å². The maximum atomic E-state index is 10.3. The predicted molar refractivity (Wildman–Crippen MR) is 30.5 cm³/mol. The molecule has 0 saturated heterocycles. The first-order valence-corrected chi connectivity index (χ1v) is 2.22. The quantitative estimate of drug-likeness (QED) is 0.282. The molecule has 0 spiro atoms. The van der Waals surface area contributed by atoms with Gasteiger partial charge in [0.2, 0.25) is 11.6 Å². The third-order valence-electron chi connectivity index (χ3n) is 0.623. The van der Waals surface area contributed by atoms with Gasteiger partial charge in [0.05, 0.1) is 12.2 Å². The highest BCUT2D eigenvalue weighted by atomic mass is 16.2. The molecule has 0 atom stereocenters. The van der Waals surface area contributed by atoms with E-state index in [9.17, 15) is 19.2 Å². The molecule has 0 rings (SSSR count). The molecule has 0 fully saturated rings. The molecule has 50 valence electrons. The lowest BCUT2D eigenvalue weighted by atomic mass is 10.2. The highest BCUT2D eigenvalue weighted by Crippen LogP contribution is 1.75. The van der Waals surface area contributed by atoms with Crippen molar-refractivity contribution in [1.82, 2.24) is 0 Å². The van der Waals surface area contributed by atoms with Crippen LogP contribution in [-0.2, 0) is 19.2 Å². The van der Waals surface area contributed by atoms with Gasteiger partial charge in [-0.2, -0.15) is 0 Å². The van der Waals surface area contributed by atoms with Crippen molar-refractivity contribution < 1.29 is 19.2 Å². The van der Waals surface area contributed by atoms with Crippen LogP contribution in [0, 0.1) is 0 Å². The number of hydrogen-bond acceptors (Lipinski definition) is 4. The minimum absolute atomic E-state index is 0.413. The zero-order valence-electron chi connectivity index (χ0n) is 4.79. The van der Waals surface area contributed by atoms with E-state index in [1.165, 1.54) is 0 Å². The van der Waals surface area contributed by atoms with Gasteiger partial charge in [-0.25, -0.2) is 9.59 Å². The predicted octanol–water partition coefficient (Wildman–Crippen LogP) is -1.10. The summed E-state index contributed by atoms with van der Waals surface area (Å²) in [5.41, 5.74) is 0. The summed E-state index contributed by atoms with van der Waals surface area (Å²) >= 11 is 0. The molecule has 0 aliphatic rings. The van der Waals surface area contributed by atoms with Gasteiger partial charge in [-0.3, -0.25) is 9.59 Å². The molecule has 0 aromatic carbocycles. The van der Waals surface area contributed by atoms with Gasteiger partial charge in [-0.05, 0) is 0 Å². The van der Waals surface area contributed by atoms with E-state index in [1.54, 1.807) is 0 Å². The summed E-state index contributed by atoms with van der Waals surface area (Å²) in [5, 5.41) is 0. The van der Waals surface area contributed by atoms with Gasteiger partial charge in [0, 0.05) is 0 Å². The van der Waals surface area contributed by atoms with Crippen LogP contribution < -0.4 is 0 Å². The summed E-state index contributed by atoms with van der Waals surface area (Å²) in [6.45, 7) is 0. The van der Waals surface area contributed by atoms with Crippen LogP contribution in [0.25, 0.3) is 0 Å². The van der Waals surface area contributed by atoms with Crippen molar-refractivity contribution in [2.45, 2.75) is 0 Å². The van der Waals surface area contributed by atoms with Gasteiger partial charge in [-0.15, -0.1) is 0 Å². The molecule has 0 amide bonds. The van der Waals surface area contributed by atoms with Gasteiger partial charge in [0.1, 0.15) is 11.9 Å². The average molecular weight is 138 g/mol. The van der Waals surface area contributed by atoms with Crippen LogP contribution in [0.4, 0.5) is 0 Å². The average Bonchev–Trinajstić information content (AvgIpc) is 1.89. The molecule has 0 unspecified atom stereocenters. The second kappa shape index (κ2) is 4.15. The topological polar surface area (TPSA) is 68.3 Å². The Bertz CT molecular complexity index is 223. The fourth-order valence-corrected chi connectivity index (χ4v) is 0.249. The molecule has 0 heterocycles. The van der Waals surface area contributed by atoms with Gasteiger partial charge >= 0.3 is 0 Å². The van der Waals surface area contributed by atoms with Crippen LogP contribution in [0.3, 0.4) is 0 Å². The molecule has 0 aromatic heterocycles. The Kier molecular flexibility index (Phi) is 3.42. The molecule has 4 nitrogen and oxygen atoms in total. The lowest BCUT2D eigenvalue weighted by molar-refractivity contribution is -0.130. The molecule has 0 bridgehead atoms. The van der Waals surface area contributed by atoms with E-state index in [2.05, 4.69) is 0 Å². The molecular weight excluding hydrogens is 136 g/mol. The van der Waals surface area contributed by atoms with Crippen molar-refractivity contribution in [1.29, 1.82) is 0 Å². The monoisotopic (exact) mass is 138 g/mol. The number of ketones is 2. The van der Waals surface area contributed by atoms with E-state index in [4.69, 9.17) is 0 Å². The third-order valence-corrected chi connectivity index (χ3v) is 0.623. The van der Waals surface area contributed by atoms with E-state index in [-0.39, 0.29) is 0 Å². The van der Waals surface area contributed by atoms with E-state index in [0.29, 0.717) is 12.2 Å². The summed E-state index contributed by atoms with van der Waals surface area (Å²) in [7, 11) is 0. The highest BCUT2D eigenvalue weighted by Gasteiger charge is 2.05. The summed E-state index contributed by atoms with van der Waals surface area (Å²) in [6.07, 6.45) is 0.826. The van der Waals surface area contributed by atoms with Gasteiger partial charge in [0.15, 0.2) is 0 Å². The van der Waals surface area contributed by atoms with Crippen molar-refractivity contribution in [3.8, 4) is 0 Å². The zero-order chi connectivity index (χ0) is 7.98. The fourth-order valence-electron chi connectivity index (χ4n) is 0.249. The number of allylic oxidation sites excluding steroid dienone is 2. The Hall–Kier alpha value is -1.76. The summed E-state index contributed by atoms with van der Waals surface area (Å²) < 4.78 is 0. The Balaban J connectivity index is 4.37. The van der Waals surface area contributed by atoms with Crippen LogP contribution in [-0.4, -0.2) is 23.4 Å². The maximum absolute atomic E-state index is 10.3. The Morgan fingerprint density at radius 2 is 1.20 bits per heavy atom. The van der Waals surface area contributed by atoms with E-state index >= 15 is 0 Å². The highest BCUT2D eigenvalue weighted by molar-refractivity contribution is 6.47. The molecule has 0 radical (unpaired) electrons. The summed E-state index contributed by atoms with van der Waals surface area (Å²) in [4.78, 5) is 39.4. The normalized spacial score (nSPS) is 6.80. The lowest BCUT2D eigenvalue weighted by Crippen LogP contribution is -2.07. The molecule has 10 heavy (non-hydrogen) atoms. The van der Waals surface area contributed by atoms with E-state index < -0.39 is 11.6 Å². The fraction of sp³-hybridized carbons (Fsp3) is 0. The first kappa shape index (κ1) is 8.24. The Labute approximate surface area is 55.8 Å². The molecule has 4 heteroatoms. The van der Waals surface area contributed by atoms with Crippen molar-refractivity contribution >= 4 is 23.4 Å². The van der Waals surface area contributed by atoms with E-state index in [0.717, 1.165) is 11.9 Å². The maximum Gasteiger partial charge on any atom is 0.237 e. The smallest absolute Gasteiger partial charge is 0.237 e. The number of carbonyl (C=O) groups is 2. The van der Waals surface area contributed by atoms with E-state index in [1.807, 2.05) is 0 Å². The molecular formula is C6H2O4. The number of hydrogen-bond donors (Lipinski definition) is 0. The molecule has 0 N–H and O–H groups in total. The Morgan fingerprint density at radius 1 is 0.900 bits per heavy atom. The van der Waals surface area contributed by atoms with Crippen molar-refractivity contribution in [2.75, 3.05) is 0 Å². The summed E-state index contributed by atoms with van der Waals surface area (Å²) in [5.74, 6) is 0.0812. The molecule has 0 saturated carbocycles. The van der Waals surface area contributed by atoms with Crippen LogP contribution in [0.15, 0.2) is 12.2 Å². The SMILES string of the molecule is O=C=CC(=O)C(=O)C=C=O. The number of rotatable bonds is 3. The van der Waals surface area contributed by atoms with Crippen LogP contribution in [0.2, 0.25) is 0 Å². The molecule has 0 aliphatic carbocycles. The van der Waals surface area contributed by atoms with Gasteiger partial charge in [-0.1, -0.05) is 0 Å². The van der Waals surface area contributed by atoms with Crippen molar-refractivity contribution in [2.24, 2.45) is 0 Å². The molecule has 0 aromatic rings. The van der Waals surface area contributed by atoms with Crippen molar-refractivity contribution in [3.63, 3.8) is 0 Å². The van der Waals surface area contributed by atoms with Crippen LogP contribution in [0.1, 0.15) is 0 Å². The standard InChI is InChI=1S/C6H2O4/c7-3-1-5(9)6(10)2-4-8/h1-2H. The second-order valence-corrected chi connectivity index (χ2v) is 1.25. The lowest BCUT2D eigenvalue weighted by Gasteiger charge is -1.76. The van der Waals surface area contributed by atoms with Gasteiger partial charge < -0.3 is 0 Å². The van der Waals surface area contributed by atoms with Crippen molar-refractivity contribution in [3.05, 3.63) is 12.2 Å². The van der Waals surface area contributed by atoms with Crippen LogP contribution >= 0.6 is 0 Å². The largest absolute Gasteiger partial charge is 0.285 e. The molecule has 0 aliphatic heterocycles. The minimum atomic E-state index is -1.07. The first-order chi connectivity index (χ1) is 4.72. The number of carbonyl (C=O) groups excluding carboxylic acids is 4.